The molecule has 0 spiro atoms. The number of fused-ring (bicyclic) bond motifs is 7. The lowest BCUT2D eigenvalue weighted by atomic mass is 9.35. The summed E-state index contributed by atoms with van der Waals surface area (Å²) < 4.78 is 29.6. The average Bonchev–Trinajstić information content (AvgIpc) is 3.37. The Bertz CT molecular complexity index is 1360. The van der Waals surface area contributed by atoms with E-state index >= 15 is 0 Å². The molecule has 1 heterocycles. The second kappa shape index (κ2) is 9.52. The molecule has 0 unspecified atom stereocenters. The molecule has 9 heteroatoms. The summed E-state index contributed by atoms with van der Waals surface area (Å²) in [5.74, 6) is -0.420. The van der Waals surface area contributed by atoms with Crippen LogP contribution in [-0.2, 0) is 21.0 Å². The van der Waals surface area contributed by atoms with Crippen molar-refractivity contribution in [2.75, 3.05) is 13.2 Å². The quantitative estimate of drug-likeness (QED) is 0.492. The molecule has 1 saturated heterocycles. The predicted molar refractivity (Wildman–Crippen MR) is 150 cm³/mol. The highest BCUT2D eigenvalue weighted by atomic mass is 19.3. The number of benzene rings is 1. The number of ketones is 2. The normalized spacial score (nSPS) is 44.3. The van der Waals surface area contributed by atoms with Gasteiger partial charge in [0.1, 0.15) is 12.4 Å². The number of ether oxygens (including phenoxy) is 1. The Labute approximate surface area is 245 Å². The molecule has 4 fully saturated rings. The van der Waals surface area contributed by atoms with Crippen molar-refractivity contribution >= 4 is 11.6 Å². The minimum atomic E-state index is -2.90. The molecule has 5 aliphatic rings. The molecule has 42 heavy (non-hydrogen) atoms. The third kappa shape index (κ3) is 3.63. The van der Waals surface area contributed by atoms with E-state index in [0.717, 1.165) is 17.6 Å². The Hall–Kier alpha value is -2.46. The van der Waals surface area contributed by atoms with Crippen LogP contribution in [0.2, 0.25) is 0 Å². The molecule has 7 nitrogen and oxygen atoms in total. The van der Waals surface area contributed by atoms with Crippen LogP contribution in [0.4, 0.5) is 8.78 Å². The van der Waals surface area contributed by atoms with Gasteiger partial charge in [-0.05, 0) is 66.4 Å². The molecule has 9 atom stereocenters. The number of hydrogen-bond donors (Lipinski definition) is 2. The van der Waals surface area contributed by atoms with E-state index in [2.05, 4.69) is 39.4 Å². The first-order valence-electron chi connectivity index (χ1n) is 14.9. The number of hydroxylamine groups is 2. The molecular weight excluding hydrogens is 544 g/mol. The van der Waals surface area contributed by atoms with Gasteiger partial charge in [-0.25, -0.2) is 0 Å². The van der Waals surface area contributed by atoms with Gasteiger partial charge in [0.25, 0.3) is 0 Å². The zero-order valence-corrected chi connectivity index (χ0v) is 24.9. The first-order chi connectivity index (χ1) is 19.7. The minimum Gasteiger partial charge on any atom is -0.435 e. The standard InChI is InChI=1S/C33H41F2NO6/c1-19-12-25-30(3)14-21-17-36(16-20-6-8-23(9-7-20)41-28(34)35)42-33(21,27(40)18-37)31(30,4)15-26(39)32(25,5)29(2)11-10-22(38)13-24(19)29/h6-11,13,19,21,25-26,28,37,39H,12,14-18H2,1-5H3/t19-,21-,25-,26-,29-,30-,31-,32+,33-/m0/s1. The highest BCUT2D eigenvalue weighted by Gasteiger charge is 2.81. The molecule has 6 rings (SSSR count). The van der Waals surface area contributed by atoms with Gasteiger partial charge in [0.05, 0.1) is 6.10 Å². The van der Waals surface area contributed by atoms with E-state index in [1.165, 1.54) is 12.1 Å². The average molecular weight is 586 g/mol. The Morgan fingerprint density at radius 3 is 2.50 bits per heavy atom. The molecular formula is C33H41F2NO6. The van der Waals surface area contributed by atoms with Crippen molar-refractivity contribution in [1.82, 2.24) is 5.06 Å². The van der Waals surface area contributed by atoms with E-state index in [1.807, 2.05) is 6.08 Å². The Balaban J connectivity index is 1.37. The largest absolute Gasteiger partial charge is 0.435 e. The lowest BCUT2D eigenvalue weighted by molar-refractivity contribution is -0.285. The van der Waals surface area contributed by atoms with E-state index in [0.29, 0.717) is 25.9 Å². The first kappa shape index (κ1) is 29.6. The second-order valence-corrected chi connectivity index (χ2v) is 14.1. The number of aliphatic hydroxyl groups is 2. The fourth-order valence-corrected chi connectivity index (χ4v) is 10.3. The number of nitrogens with zero attached hydrogens (tertiary/aromatic N) is 1. The fourth-order valence-electron chi connectivity index (χ4n) is 10.3. The summed E-state index contributed by atoms with van der Waals surface area (Å²) in [4.78, 5) is 33.0. The number of halogens is 2. The number of Topliss-reactive ketones (excluding diaryl/α,β-unsaturated/α-hetero) is 1. The van der Waals surface area contributed by atoms with E-state index in [1.54, 1.807) is 29.3 Å². The van der Waals surface area contributed by atoms with Crippen molar-refractivity contribution in [3.05, 3.63) is 53.6 Å². The van der Waals surface area contributed by atoms with Gasteiger partial charge in [0.15, 0.2) is 17.2 Å². The highest BCUT2D eigenvalue weighted by Crippen LogP contribution is 2.79. The van der Waals surface area contributed by atoms with Gasteiger partial charge < -0.3 is 14.9 Å². The smallest absolute Gasteiger partial charge is 0.387 e. The van der Waals surface area contributed by atoms with Gasteiger partial charge in [-0.1, -0.05) is 58.4 Å². The van der Waals surface area contributed by atoms with E-state index < -0.39 is 46.6 Å². The molecule has 0 bridgehead atoms. The lowest BCUT2D eigenvalue weighted by Gasteiger charge is -2.70. The molecule has 1 aliphatic heterocycles. The Morgan fingerprint density at radius 2 is 1.86 bits per heavy atom. The first-order valence-corrected chi connectivity index (χ1v) is 14.9. The maximum atomic E-state index is 13.9. The van der Waals surface area contributed by atoms with Gasteiger partial charge in [0, 0.05) is 35.3 Å². The fraction of sp³-hybridized carbons (Fsp3) is 0.636. The van der Waals surface area contributed by atoms with Gasteiger partial charge in [0.2, 0.25) is 0 Å². The van der Waals surface area contributed by atoms with Crippen LogP contribution < -0.4 is 4.74 Å². The summed E-state index contributed by atoms with van der Waals surface area (Å²) in [5, 5.41) is 24.2. The third-order valence-corrected chi connectivity index (χ3v) is 12.6. The summed E-state index contributed by atoms with van der Waals surface area (Å²) >= 11 is 0. The van der Waals surface area contributed by atoms with Crippen LogP contribution in [0.25, 0.3) is 0 Å². The zero-order valence-electron chi connectivity index (χ0n) is 24.9. The Kier molecular flexibility index (Phi) is 6.71. The number of allylic oxidation sites excluding steroid dienone is 4. The summed E-state index contributed by atoms with van der Waals surface area (Å²) in [7, 11) is 0. The molecule has 4 aliphatic carbocycles. The topological polar surface area (TPSA) is 96.3 Å². The van der Waals surface area contributed by atoms with E-state index in [9.17, 15) is 28.6 Å². The monoisotopic (exact) mass is 585 g/mol. The van der Waals surface area contributed by atoms with Crippen LogP contribution in [0.3, 0.4) is 0 Å². The van der Waals surface area contributed by atoms with Crippen molar-refractivity contribution in [2.24, 2.45) is 39.4 Å². The molecule has 3 saturated carbocycles. The molecule has 0 amide bonds. The number of aliphatic hydroxyl groups excluding tert-OH is 2. The molecule has 1 aromatic carbocycles. The van der Waals surface area contributed by atoms with Crippen LogP contribution >= 0.6 is 0 Å². The van der Waals surface area contributed by atoms with Crippen molar-refractivity contribution in [1.29, 1.82) is 0 Å². The summed E-state index contributed by atoms with van der Waals surface area (Å²) in [6.07, 6.45) is 6.34. The number of rotatable bonds is 6. The van der Waals surface area contributed by atoms with Crippen LogP contribution in [0.1, 0.15) is 59.4 Å². The predicted octanol–water partition coefficient (Wildman–Crippen LogP) is 4.87. The van der Waals surface area contributed by atoms with Gasteiger partial charge in [-0.15, -0.1) is 0 Å². The minimum absolute atomic E-state index is 0.0159. The van der Waals surface area contributed by atoms with Crippen molar-refractivity contribution in [2.45, 2.75) is 78.7 Å². The van der Waals surface area contributed by atoms with E-state index in [4.69, 9.17) is 4.84 Å². The number of carbonyl (C=O) groups excluding carboxylic acids is 2. The van der Waals surface area contributed by atoms with Crippen LogP contribution in [-0.4, -0.2) is 58.3 Å². The van der Waals surface area contributed by atoms with Crippen molar-refractivity contribution < 1.29 is 38.2 Å². The SMILES string of the molecule is C[C@H]1C[C@@H]2[C@](C)([C@@H](O)C[C@@]3(C)[C@@]2(C)C[C@H]2CN(Cc4ccc(OC(F)F)cc4)O[C@]23C(=O)CO)[C@@]2(C)C=CC(=O)C=C12. The summed E-state index contributed by atoms with van der Waals surface area (Å²) in [6, 6.07) is 6.33. The highest BCUT2D eigenvalue weighted by molar-refractivity contribution is 6.01. The third-order valence-electron chi connectivity index (χ3n) is 12.6. The molecule has 1 aromatic rings. The van der Waals surface area contributed by atoms with Crippen molar-refractivity contribution in [3.63, 3.8) is 0 Å². The second-order valence-electron chi connectivity index (χ2n) is 14.1. The molecule has 228 valence electrons. The lowest BCUT2D eigenvalue weighted by Crippen LogP contribution is -2.70. The number of hydrogen-bond acceptors (Lipinski definition) is 7. The summed E-state index contributed by atoms with van der Waals surface area (Å²) in [6.45, 7) is 7.95. The van der Waals surface area contributed by atoms with E-state index in [-0.39, 0.29) is 35.1 Å². The van der Waals surface area contributed by atoms with Crippen molar-refractivity contribution in [3.8, 4) is 5.75 Å². The Morgan fingerprint density at radius 1 is 1.17 bits per heavy atom. The van der Waals surface area contributed by atoms with Crippen LogP contribution in [0.5, 0.6) is 5.75 Å². The summed E-state index contributed by atoms with van der Waals surface area (Å²) in [5.41, 5.74) is -1.76. The van der Waals surface area contributed by atoms with Gasteiger partial charge in [-0.3, -0.25) is 14.4 Å². The number of alkyl halides is 2. The maximum Gasteiger partial charge on any atom is 0.387 e. The van der Waals surface area contributed by atoms with Gasteiger partial charge in [-0.2, -0.15) is 13.8 Å². The van der Waals surface area contributed by atoms with Crippen LogP contribution in [0.15, 0.2) is 48.1 Å². The maximum absolute atomic E-state index is 13.9. The van der Waals surface area contributed by atoms with Gasteiger partial charge >= 0.3 is 6.61 Å². The molecule has 0 radical (unpaired) electrons. The molecule has 2 N–H and O–H groups in total. The zero-order chi connectivity index (χ0) is 30.5. The van der Waals surface area contributed by atoms with Crippen LogP contribution in [0, 0.1) is 39.4 Å². The number of carbonyl (C=O) groups is 2. The molecule has 0 aromatic heterocycles.